The van der Waals surface area contributed by atoms with Crippen LogP contribution in [0.1, 0.15) is 9.67 Å². The Bertz CT molecular complexity index is 1040. The van der Waals surface area contributed by atoms with Crippen LogP contribution in [0.3, 0.4) is 0 Å². The SMILES string of the molecule is COc1ccc(-c2ccccc2)cc1NC(=O)c1cc2ccccc2s1. The second kappa shape index (κ2) is 7.02. The van der Waals surface area contributed by atoms with E-state index >= 15 is 0 Å². The first-order chi connectivity index (χ1) is 12.7. The molecular weight excluding hydrogens is 342 g/mol. The van der Waals surface area contributed by atoms with Gasteiger partial charge < -0.3 is 10.1 Å². The number of fused-ring (bicyclic) bond motifs is 1. The molecule has 1 aromatic heterocycles. The molecule has 1 N–H and O–H groups in total. The van der Waals surface area contributed by atoms with Crippen LogP contribution >= 0.6 is 11.3 Å². The van der Waals surface area contributed by atoms with Gasteiger partial charge in [0.25, 0.3) is 5.91 Å². The van der Waals surface area contributed by atoms with Crippen LogP contribution in [-0.2, 0) is 0 Å². The van der Waals surface area contributed by atoms with Crippen molar-refractivity contribution in [1.29, 1.82) is 0 Å². The Kier molecular flexibility index (Phi) is 4.42. The topological polar surface area (TPSA) is 38.3 Å². The number of carbonyl (C=O) groups excluding carboxylic acids is 1. The molecule has 0 saturated carbocycles. The summed E-state index contributed by atoms with van der Waals surface area (Å²) < 4.78 is 6.52. The molecule has 26 heavy (non-hydrogen) atoms. The van der Waals surface area contributed by atoms with E-state index in [0.29, 0.717) is 16.3 Å². The number of amides is 1. The summed E-state index contributed by atoms with van der Waals surface area (Å²) in [5, 5.41) is 4.07. The van der Waals surface area contributed by atoms with Gasteiger partial charge in [-0.15, -0.1) is 11.3 Å². The number of hydrogen-bond donors (Lipinski definition) is 1. The first-order valence-corrected chi connectivity index (χ1v) is 9.09. The third-order valence-electron chi connectivity index (χ3n) is 4.20. The number of rotatable bonds is 4. The highest BCUT2D eigenvalue weighted by Gasteiger charge is 2.14. The fourth-order valence-electron chi connectivity index (χ4n) is 2.89. The van der Waals surface area contributed by atoms with Crippen molar-refractivity contribution in [1.82, 2.24) is 0 Å². The molecule has 0 unspecified atom stereocenters. The number of anilines is 1. The number of carbonyl (C=O) groups is 1. The number of benzene rings is 3. The normalized spacial score (nSPS) is 10.7. The van der Waals surface area contributed by atoms with Crippen molar-refractivity contribution in [2.45, 2.75) is 0 Å². The van der Waals surface area contributed by atoms with E-state index in [1.54, 1.807) is 7.11 Å². The van der Waals surface area contributed by atoms with E-state index < -0.39 is 0 Å². The molecule has 0 aliphatic heterocycles. The van der Waals surface area contributed by atoms with E-state index in [4.69, 9.17) is 4.74 Å². The van der Waals surface area contributed by atoms with Gasteiger partial charge in [0.2, 0.25) is 0 Å². The summed E-state index contributed by atoms with van der Waals surface area (Å²) in [6, 6.07) is 25.8. The van der Waals surface area contributed by atoms with Crippen LogP contribution in [0.15, 0.2) is 78.9 Å². The molecule has 128 valence electrons. The van der Waals surface area contributed by atoms with Crippen molar-refractivity contribution < 1.29 is 9.53 Å². The Morgan fingerprint density at radius 1 is 0.885 bits per heavy atom. The van der Waals surface area contributed by atoms with Crippen molar-refractivity contribution in [2.75, 3.05) is 12.4 Å². The molecule has 0 fully saturated rings. The predicted molar refractivity (Wildman–Crippen MR) is 108 cm³/mol. The third-order valence-corrected chi connectivity index (χ3v) is 5.32. The van der Waals surface area contributed by atoms with Gasteiger partial charge >= 0.3 is 0 Å². The predicted octanol–water partition coefficient (Wildman–Crippen LogP) is 5.83. The molecular formula is C22H17NO2S. The zero-order valence-corrected chi connectivity index (χ0v) is 15.0. The van der Waals surface area contributed by atoms with Crippen LogP contribution < -0.4 is 10.1 Å². The van der Waals surface area contributed by atoms with Crippen molar-refractivity contribution in [3.63, 3.8) is 0 Å². The summed E-state index contributed by atoms with van der Waals surface area (Å²) >= 11 is 1.49. The summed E-state index contributed by atoms with van der Waals surface area (Å²) in [7, 11) is 1.60. The minimum absolute atomic E-state index is 0.130. The maximum absolute atomic E-state index is 12.7. The summed E-state index contributed by atoms with van der Waals surface area (Å²) in [5.41, 5.74) is 2.78. The Morgan fingerprint density at radius 2 is 1.65 bits per heavy atom. The molecule has 0 spiro atoms. The highest BCUT2D eigenvalue weighted by atomic mass is 32.1. The van der Waals surface area contributed by atoms with Gasteiger partial charge in [-0.2, -0.15) is 0 Å². The molecule has 0 saturated heterocycles. The lowest BCUT2D eigenvalue weighted by Gasteiger charge is -2.12. The molecule has 0 aliphatic rings. The van der Waals surface area contributed by atoms with Gasteiger partial charge in [0.05, 0.1) is 17.7 Å². The molecule has 1 heterocycles. The summed E-state index contributed by atoms with van der Waals surface area (Å²) in [6.07, 6.45) is 0. The zero-order chi connectivity index (χ0) is 17.9. The first kappa shape index (κ1) is 16.4. The second-order valence-electron chi connectivity index (χ2n) is 5.88. The fraction of sp³-hybridized carbons (Fsp3) is 0.0455. The highest BCUT2D eigenvalue weighted by Crippen LogP contribution is 2.32. The lowest BCUT2D eigenvalue weighted by atomic mass is 10.0. The number of methoxy groups -OCH3 is 1. The minimum Gasteiger partial charge on any atom is -0.495 e. The molecule has 0 atom stereocenters. The van der Waals surface area contributed by atoms with Gasteiger partial charge in [0.1, 0.15) is 5.75 Å². The number of nitrogens with one attached hydrogen (secondary N) is 1. The van der Waals surface area contributed by atoms with E-state index in [1.165, 1.54) is 11.3 Å². The Balaban J connectivity index is 1.66. The van der Waals surface area contributed by atoms with Gasteiger partial charge in [-0.1, -0.05) is 54.6 Å². The minimum atomic E-state index is -0.130. The van der Waals surface area contributed by atoms with Crippen LogP contribution in [0.5, 0.6) is 5.75 Å². The lowest BCUT2D eigenvalue weighted by Crippen LogP contribution is -2.11. The molecule has 0 bridgehead atoms. The Morgan fingerprint density at radius 3 is 2.42 bits per heavy atom. The molecule has 0 aliphatic carbocycles. The molecule has 4 heteroatoms. The largest absolute Gasteiger partial charge is 0.495 e. The fourth-order valence-corrected chi connectivity index (χ4v) is 3.85. The standard InChI is InChI=1S/C22H17NO2S/c1-25-19-12-11-16(15-7-3-2-4-8-15)13-18(19)23-22(24)21-14-17-9-5-6-10-20(17)26-21/h2-14H,1H3,(H,23,24). The average molecular weight is 359 g/mol. The number of thiophene rings is 1. The number of hydrogen-bond acceptors (Lipinski definition) is 3. The smallest absolute Gasteiger partial charge is 0.265 e. The van der Waals surface area contributed by atoms with Crippen molar-refractivity contribution in [3.8, 4) is 16.9 Å². The monoisotopic (exact) mass is 359 g/mol. The van der Waals surface area contributed by atoms with E-state index in [-0.39, 0.29) is 5.91 Å². The van der Waals surface area contributed by atoms with E-state index in [2.05, 4.69) is 5.32 Å². The van der Waals surface area contributed by atoms with Gasteiger partial charge in [-0.05, 0) is 40.8 Å². The van der Waals surface area contributed by atoms with E-state index in [9.17, 15) is 4.79 Å². The van der Waals surface area contributed by atoms with Crippen LogP contribution in [-0.4, -0.2) is 13.0 Å². The summed E-state index contributed by atoms with van der Waals surface area (Å²) in [5.74, 6) is 0.508. The van der Waals surface area contributed by atoms with Crippen molar-refractivity contribution >= 4 is 33.0 Å². The van der Waals surface area contributed by atoms with Crippen LogP contribution in [0.25, 0.3) is 21.2 Å². The van der Waals surface area contributed by atoms with E-state index in [1.807, 2.05) is 78.9 Å². The molecule has 4 aromatic rings. The van der Waals surface area contributed by atoms with Crippen LogP contribution in [0.2, 0.25) is 0 Å². The van der Waals surface area contributed by atoms with E-state index in [0.717, 1.165) is 21.2 Å². The van der Waals surface area contributed by atoms with Crippen molar-refractivity contribution in [3.05, 3.63) is 83.7 Å². The van der Waals surface area contributed by atoms with Gasteiger partial charge in [0, 0.05) is 4.70 Å². The Labute approximate surface area is 155 Å². The second-order valence-corrected chi connectivity index (χ2v) is 6.97. The van der Waals surface area contributed by atoms with Gasteiger partial charge in [0.15, 0.2) is 0 Å². The molecule has 3 aromatic carbocycles. The average Bonchev–Trinajstić information content (AvgIpc) is 3.13. The summed E-state index contributed by atoms with van der Waals surface area (Å²) in [4.78, 5) is 13.4. The number of ether oxygens (including phenoxy) is 1. The van der Waals surface area contributed by atoms with Crippen LogP contribution in [0.4, 0.5) is 5.69 Å². The van der Waals surface area contributed by atoms with Crippen LogP contribution in [0, 0.1) is 0 Å². The molecule has 1 amide bonds. The quantitative estimate of drug-likeness (QED) is 0.498. The zero-order valence-electron chi connectivity index (χ0n) is 14.2. The Hall–Kier alpha value is -3.11. The lowest BCUT2D eigenvalue weighted by molar-refractivity contribution is 0.103. The maximum Gasteiger partial charge on any atom is 0.265 e. The molecule has 3 nitrogen and oxygen atoms in total. The highest BCUT2D eigenvalue weighted by molar-refractivity contribution is 7.20. The third kappa shape index (κ3) is 3.19. The first-order valence-electron chi connectivity index (χ1n) is 8.28. The van der Waals surface area contributed by atoms with Gasteiger partial charge in [-0.3, -0.25) is 4.79 Å². The summed E-state index contributed by atoms with van der Waals surface area (Å²) in [6.45, 7) is 0. The van der Waals surface area contributed by atoms with Gasteiger partial charge in [-0.25, -0.2) is 0 Å². The molecule has 4 rings (SSSR count). The van der Waals surface area contributed by atoms with Crippen molar-refractivity contribution in [2.24, 2.45) is 0 Å². The molecule has 0 radical (unpaired) electrons. The maximum atomic E-state index is 12.7.